The van der Waals surface area contributed by atoms with Crippen molar-refractivity contribution in [3.05, 3.63) is 35.2 Å². The molecule has 2 aromatic rings. The second-order valence-corrected chi connectivity index (χ2v) is 5.04. The van der Waals surface area contributed by atoms with E-state index < -0.39 is 0 Å². The van der Waals surface area contributed by atoms with Gasteiger partial charge in [-0.1, -0.05) is 6.07 Å². The third-order valence-electron chi connectivity index (χ3n) is 3.48. The number of hydrogen-bond donors (Lipinski definition) is 1. The number of hydrogen-bond acceptors (Lipinski definition) is 6. The lowest BCUT2D eigenvalue weighted by atomic mass is 10.1. The molecule has 0 bridgehead atoms. The summed E-state index contributed by atoms with van der Waals surface area (Å²) in [7, 11) is 1.50. The molecule has 1 amide bonds. The van der Waals surface area contributed by atoms with Gasteiger partial charge in [-0.2, -0.15) is 9.97 Å². The quantitative estimate of drug-likeness (QED) is 0.934. The van der Waals surface area contributed by atoms with Crippen molar-refractivity contribution in [3.63, 3.8) is 0 Å². The molecule has 0 radical (unpaired) electrons. The molecule has 2 heterocycles. The smallest absolute Gasteiger partial charge is 0.316 e. The Kier molecular flexibility index (Phi) is 4.01. The van der Waals surface area contributed by atoms with Crippen molar-refractivity contribution in [2.75, 3.05) is 25.6 Å². The fraction of sp³-hybridized carbons (Fsp3) is 0.312. The molecular formula is C16H17N3O4. The van der Waals surface area contributed by atoms with Gasteiger partial charge in [0.25, 0.3) is 5.91 Å². The second-order valence-electron chi connectivity index (χ2n) is 5.04. The zero-order valence-electron chi connectivity index (χ0n) is 13.2. The van der Waals surface area contributed by atoms with E-state index in [1.54, 1.807) is 32.0 Å². The molecule has 7 nitrogen and oxygen atoms in total. The van der Waals surface area contributed by atoms with Crippen LogP contribution in [0.3, 0.4) is 0 Å². The van der Waals surface area contributed by atoms with Crippen LogP contribution < -0.4 is 19.5 Å². The van der Waals surface area contributed by atoms with Crippen LogP contribution in [0, 0.1) is 13.8 Å². The van der Waals surface area contributed by atoms with Gasteiger partial charge in [-0.25, -0.2) is 0 Å². The average molecular weight is 315 g/mol. The fourth-order valence-corrected chi connectivity index (χ4v) is 2.39. The van der Waals surface area contributed by atoms with Gasteiger partial charge in [0.1, 0.15) is 13.2 Å². The zero-order chi connectivity index (χ0) is 16.4. The summed E-state index contributed by atoms with van der Waals surface area (Å²) >= 11 is 0. The highest BCUT2D eigenvalue weighted by Gasteiger charge is 2.21. The van der Waals surface area contributed by atoms with E-state index in [1.165, 1.54) is 7.11 Å². The minimum Gasteiger partial charge on any atom is -0.486 e. The molecule has 1 N–H and O–H groups in total. The molecule has 0 unspecified atom stereocenters. The number of para-hydroxylation sites is 1. The Labute approximate surface area is 133 Å². The van der Waals surface area contributed by atoms with Crippen molar-refractivity contribution in [2.24, 2.45) is 0 Å². The number of carbonyl (C=O) groups is 1. The van der Waals surface area contributed by atoms with Crippen LogP contribution in [-0.2, 0) is 0 Å². The van der Waals surface area contributed by atoms with Crippen LogP contribution in [0.1, 0.15) is 21.7 Å². The maximum atomic E-state index is 12.6. The summed E-state index contributed by atoms with van der Waals surface area (Å²) in [6, 6.07) is 5.50. The predicted octanol–water partition coefficient (Wildman–Crippen LogP) is 2.13. The zero-order valence-corrected chi connectivity index (χ0v) is 13.2. The molecule has 23 heavy (non-hydrogen) atoms. The lowest BCUT2D eigenvalue weighted by molar-refractivity contribution is 0.101. The summed E-state index contributed by atoms with van der Waals surface area (Å²) < 4.78 is 16.1. The van der Waals surface area contributed by atoms with E-state index in [0.717, 1.165) is 0 Å². The van der Waals surface area contributed by atoms with Crippen LogP contribution in [0.15, 0.2) is 18.2 Å². The van der Waals surface area contributed by atoms with E-state index in [1.807, 2.05) is 0 Å². The molecule has 0 aliphatic carbocycles. The molecule has 120 valence electrons. The number of anilines is 1. The van der Waals surface area contributed by atoms with Crippen molar-refractivity contribution in [1.29, 1.82) is 0 Å². The largest absolute Gasteiger partial charge is 0.486 e. The first-order valence-electron chi connectivity index (χ1n) is 7.19. The van der Waals surface area contributed by atoms with Gasteiger partial charge in [0.2, 0.25) is 0 Å². The molecule has 7 heteroatoms. The standard InChI is InChI=1S/C16H17N3O4/c1-9-13(10(2)18-16(17-9)21-3)19-15(20)11-5-4-6-12-14(11)23-8-7-22-12/h4-6H,7-8H2,1-3H3,(H,19,20). The number of rotatable bonds is 3. The first-order chi connectivity index (χ1) is 11.1. The Hall–Kier alpha value is -2.83. The molecule has 1 aromatic heterocycles. The van der Waals surface area contributed by atoms with Gasteiger partial charge in [0, 0.05) is 0 Å². The van der Waals surface area contributed by atoms with Crippen molar-refractivity contribution < 1.29 is 19.0 Å². The number of ether oxygens (including phenoxy) is 3. The third kappa shape index (κ3) is 2.90. The number of benzene rings is 1. The van der Waals surface area contributed by atoms with Crippen LogP contribution in [0.25, 0.3) is 0 Å². The topological polar surface area (TPSA) is 82.6 Å². The number of nitrogens with zero attached hydrogens (tertiary/aromatic N) is 2. The van der Waals surface area contributed by atoms with E-state index in [-0.39, 0.29) is 11.9 Å². The minimum atomic E-state index is -0.299. The molecule has 0 fully saturated rings. The average Bonchev–Trinajstić information content (AvgIpc) is 2.57. The number of methoxy groups -OCH3 is 1. The Balaban J connectivity index is 1.91. The SMILES string of the molecule is COc1nc(C)c(NC(=O)c2cccc3c2OCCO3)c(C)n1. The van der Waals surface area contributed by atoms with Gasteiger partial charge in [0.05, 0.1) is 29.7 Å². The number of amides is 1. The highest BCUT2D eigenvalue weighted by atomic mass is 16.6. The first kappa shape index (κ1) is 15.1. The first-order valence-corrected chi connectivity index (χ1v) is 7.19. The molecule has 3 rings (SSSR count). The van der Waals surface area contributed by atoms with Crippen LogP contribution in [-0.4, -0.2) is 36.2 Å². The van der Waals surface area contributed by atoms with Crippen molar-refractivity contribution in [2.45, 2.75) is 13.8 Å². The van der Waals surface area contributed by atoms with Gasteiger partial charge in [-0.3, -0.25) is 4.79 Å². The van der Waals surface area contributed by atoms with Crippen LogP contribution in [0.5, 0.6) is 17.5 Å². The summed E-state index contributed by atoms with van der Waals surface area (Å²) in [4.78, 5) is 21.0. The molecule has 0 spiro atoms. The van der Waals surface area contributed by atoms with Crippen LogP contribution >= 0.6 is 0 Å². The molecule has 0 saturated heterocycles. The molecule has 1 aromatic carbocycles. The molecule has 1 aliphatic heterocycles. The van der Waals surface area contributed by atoms with Crippen molar-refractivity contribution in [3.8, 4) is 17.5 Å². The molecule has 1 aliphatic rings. The normalized spacial score (nSPS) is 12.7. The maximum absolute atomic E-state index is 12.6. The fourth-order valence-electron chi connectivity index (χ4n) is 2.39. The van der Waals surface area contributed by atoms with Gasteiger partial charge >= 0.3 is 6.01 Å². The number of aromatic nitrogens is 2. The van der Waals surface area contributed by atoms with Gasteiger partial charge in [-0.05, 0) is 26.0 Å². The van der Waals surface area contributed by atoms with E-state index in [9.17, 15) is 4.79 Å². The van der Waals surface area contributed by atoms with E-state index in [0.29, 0.717) is 47.4 Å². The van der Waals surface area contributed by atoms with Crippen LogP contribution in [0.2, 0.25) is 0 Å². The number of aryl methyl sites for hydroxylation is 2. The van der Waals surface area contributed by atoms with E-state index in [4.69, 9.17) is 14.2 Å². The van der Waals surface area contributed by atoms with E-state index >= 15 is 0 Å². The Morgan fingerprint density at radius 2 is 1.87 bits per heavy atom. The number of fused-ring (bicyclic) bond motifs is 1. The Morgan fingerprint density at radius 1 is 1.17 bits per heavy atom. The highest BCUT2D eigenvalue weighted by Crippen LogP contribution is 2.34. The Morgan fingerprint density at radius 3 is 2.57 bits per heavy atom. The number of nitrogens with one attached hydrogen (secondary N) is 1. The number of carbonyl (C=O) groups excluding carboxylic acids is 1. The third-order valence-corrected chi connectivity index (χ3v) is 3.48. The minimum absolute atomic E-state index is 0.270. The predicted molar refractivity (Wildman–Crippen MR) is 83.4 cm³/mol. The van der Waals surface area contributed by atoms with Crippen molar-refractivity contribution in [1.82, 2.24) is 9.97 Å². The summed E-state index contributed by atoms with van der Waals surface area (Å²) in [6.07, 6.45) is 0. The summed E-state index contributed by atoms with van der Waals surface area (Å²) in [6.45, 7) is 4.46. The van der Waals surface area contributed by atoms with Crippen LogP contribution in [0.4, 0.5) is 5.69 Å². The van der Waals surface area contributed by atoms with Gasteiger partial charge in [-0.15, -0.1) is 0 Å². The summed E-state index contributed by atoms with van der Waals surface area (Å²) in [5.74, 6) is 0.733. The highest BCUT2D eigenvalue weighted by molar-refractivity contribution is 6.07. The monoisotopic (exact) mass is 315 g/mol. The maximum Gasteiger partial charge on any atom is 0.316 e. The Bertz CT molecular complexity index is 738. The second kappa shape index (κ2) is 6.12. The summed E-state index contributed by atoms with van der Waals surface area (Å²) in [5.41, 5.74) is 2.23. The van der Waals surface area contributed by atoms with Crippen molar-refractivity contribution >= 4 is 11.6 Å². The van der Waals surface area contributed by atoms with Gasteiger partial charge < -0.3 is 19.5 Å². The lowest BCUT2D eigenvalue weighted by Gasteiger charge is -2.20. The van der Waals surface area contributed by atoms with E-state index in [2.05, 4.69) is 15.3 Å². The lowest BCUT2D eigenvalue weighted by Crippen LogP contribution is -2.21. The molecule has 0 atom stereocenters. The molecule has 0 saturated carbocycles. The molecular weight excluding hydrogens is 298 g/mol. The van der Waals surface area contributed by atoms with Gasteiger partial charge in [0.15, 0.2) is 11.5 Å². The summed E-state index contributed by atoms with van der Waals surface area (Å²) in [5, 5.41) is 2.84.